The summed E-state index contributed by atoms with van der Waals surface area (Å²) in [6.45, 7) is 5.54. The average Bonchev–Trinajstić information content (AvgIpc) is 2.78. The Kier molecular flexibility index (Phi) is 6.94. The highest BCUT2D eigenvalue weighted by Crippen LogP contribution is 2.47. The van der Waals surface area contributed by atoms with Crippen LogP contribution < -0.4 is 4.90 Å². The Morgan fingerprint density at radius 3 is 2.24 bits per heavy atom. The molecule has 0 N–H and O–H groups in total. The molecule has 6 heteroatoms. The summed E-state index contributed by atoms with van der Waals surface area (Å²) >= 11 is 6.06. The van der Waals surface area contributed by atoms with Crippen molar-refractivity contribution in [1.82, 2.24) is 0 Å². The third-order valence-electron chi connectivity index (χ3n) is 6.60. The number of hydrogen-bond donors (Lipinski definition) is 0. The number of esters is 1. The minimum atomic E-state index is -0.623. The molecule has 0 bridgehead atoms. The molecule has 2 aromatic rings. The normalized spacial score (nSPS) is 22.4. The van der Waals surface area contributed by atoms with E-state index in [0.717, 1.165) is 22.5 Å². The number of allylic oxidation sites excluding steroid dienone is 2. The molecule has 0 saturated carbocycles. The van der Waals surface area contributed by atoms with E-state index in [-0.39, 0.29) is 23.8 Å². The van der Waals surface area contributed by atoms with Crippen LogP contribution in [0.25, 0.3) is 0 Å². The molecule has 2 aliphatic rings. The van der Waals surface area contributed by atoms with Gasteiger partial charge in [-0.05, 0) is 68.5 Å². The Bertz CT molecular complexity index is 1150. The smallest absolute Gasteiger partial charge is 0.315 e. The first-order chi connectivity index (χ1) is 16.2. The maximum atomic E-state index is 13.6. The van der Waals surface area contributed by atoms with E-state index in [9.17, 15) is 9.59 Å². The maximum Gasteiger partial charge on any atom is 0.315 e. The highest BCUT2D eigenvalue weighted by atomic mass is 35.5. The molecule has 34 heavy (non-hydrogen) atoms. The van der Waals surface area contributed by atoms with Crippen LogP contribution in [-0.2, 0) is 14.3 Å². The van der Waals surface area contributed by atoms with Gasteiger partial charge in [0.15, 0.2) is 5.78 Å². The van der Waals surface area contributed by atoms with Crippen molar-refractivity contribution < 1.29 is 14.3 Å². The van der Waals surface area contributed by atoms with Crippen LogP contribution in [0.4, 0.5) is 5.69 Å². The molecule has 1 unspecified atom stereocenters. The quantitative estimate of drug-likeness (QED) is 0.499. The highest BCUT2D eigenvalue weighted by Gasteiger charge is 2.44. The minimum absolute atomic E-state index is 0.0380. The maximum absolute atomic E-state index is 13.6. The number of benzene rings is 2. The van der Waals surface area contributed by atoms with Crippen LogP contribution in [0.1, 0.15) is 56.6 Å². The van der Waals surface area contributed by atoms with E-state index in [0.29, 0.717) is 29.1 Å². The first kappa shape index (κ1) is 24.2. The van der Waals surface area contributed by atoms with Gasteiger partial charge in [-0.15, -0.1) is 0 Å². The first-order valence-electron chi connectivity index (χ1n) is 11.7. The molecule has 4 rings (SSSR count). The third kappa shape index (κ3) is 4.80. The number of aliphatic imine (C=N–C) groups is 1. The second-order valence-corrected chi connectivity index (χ2v) is 10.1. The number of rotatable bonds is 5. The summed E-state index contributed by atoms with van der Waals surface area (Å²) in [7, 11) is 3.97. The van der Waals surface area contributed by atoms with Crippen molar-refractivity contribution in [3.8, 4) is 0 Å². The zero-order valence-corrected chi connectivity index (χ0v) is 21.1. The molecule has 0 radical (unpaired) electrons. The summed E-state index contributed by atoms with van der Waals surface area (Å²) in [6.07, 6.45) is 0.787. The van der Waals surface area contributed by atoms with E-state index in [1.165, 1.54) is 0 Å². The first-order valence-corrected chi connectivity index (χ1v) is 12.1. The molecule has 178 valence electrons. The molecule has 1 aliphatic heterocycles. The summed E-state index contributed by atoms with van der Waals surface area (Å²) in [5, 5.41) is 0.671. The van der Waals surface area contributed by atoms with Crippen LogP contribution in [0.15, 0.2) is 64.8 Å². The molecule has 0 saturated heterocycles. The predicted octanol–water partition coefficient (Wildman–Crippen LogP) is 5.93. The molecule has 0 aromatic heterocycles. The van der Waals surface area contributed by atoms with Crippen LogP contribution >= 0.6 is 11.6 Å². The van der Waals surface area contributed by atoms with Gasteiger partial charge in [0, 0.05) is 54.1 Å². The number of ether oxygens (including phenoxy) is 1. The second-order valence-electron chi connectivity index (χ2n) is 9.62. The number of Topliss-reactive ketones (excluding diaryl/α,β-unsaturated/α-hetero) is 1. The van der Waals surface area contributed by atoms with Crippen molar-refractivity contribution in [3.05, 3.63) is 76.0 Å². The van der Waals surface area contributed by atoms with Crippen LogP contribution in [0.3, 0.4) is 0 Å². The molecular formula is C28H31ClN2O3. The van der Waals surface area contributed by atoms with Gasteiger partial charge in [0.05, 0.1) is 6.10 Å². The molecule has 0 fully saturated rings. The molecule has 0 spiro atoms. The van der Waals surface area contributed by atoms with Gasteiger partial charge in [0.1, 0.15) is 5.92 Å². The highest BCUT2D eigenvalue weighted by molar-refractivity contribution is 6.30. The van der Waals surface area contributed by atoms with Crippen molar-refractivity contribution in [2.75, 3.05) is 19.0 Å². The Balaban J connectivity index is 1.78. The number of nitrogens with zero attached hydrogens (tertiary/aromatic N) is 2. The lowest BCUT2D eigenvalue weighted by Crippen LogP contribution is -2.38. The standard InChI is InChI=1S/C28H31ClN2O3/c1-16(2)34-28(33)25-17(3)30-23-14-20(18-6-10-21(29)11-7-18)15-24(32)27(23)26(25)19-8-12-22(13-9-19)31(4)5/h6-13,16,20,25-26H,14-15H2,1-5H3/t20-,25?,26+/m1/s1. The summed E-state index contributed by atoms with van der Waals surface area (Å²) in [5.41, 5.74) is 5.18. The van der Waals surface area contributed by atoms with E-state index in [2.05, 4.69) is 0 Å². The third-order valence-corrected chi connectivity index (χ3v) is 6.86. The van der Waals surface area contributed by atoms with Gasteiger partial charge in [0.2, 0.25) is 0 Å². The van der Waals surface area contributed by atoms with Gasteiger partial charge in [-0.3, -0.25) is 14.6 Å². The molecule has 1 aliphatic carbocycles. The lowest BCUT2D eigenvalue weighted by Gasteiger charge is -2.37. The van der Waals surface area contributed by atoms with Gasteiger partial charge in [-0.25, -0.2) is 0 Å². The van der Waals surface area contributed by atoms with Crippen molar-refractivity contribution in [2.45, 2.75) is 51.6 Å². The monoisotopic (exact) mass is 478 g/mol. The number of halogens is 1. The minimum Gasteiger partial charge on any atom is -0.462 e. The van der Waals surface area contributed by atoms with E-state index >= 15 is 0 Å². The van der Waals surface area contributed by atoms with Crippen LogP contribution in [0.5, 0.6) is 0 Å². The number of carbonyl (C=O) groups excluding carboxylic acids is 2. The van der Waals surface area contributed by atoms with Crippen molar-refractivity contribution >= 4 is 34.8 Å². The number of hydrogen-bond acceptors (Lipinski definition) is 5. The molecule has 0 amide bonds. The fraction of sp³-hybridized carbons (Fsp3) is 0.393. The lowest BCUT2D eigenvalue weighted by molar-refractivity contribution is -0.150. The Morgan fingerprint density at radius 2 is 1.65 bits per heavy atom. The molecular weight excluding hydrogens is 448 g/mol. The lowest BCUT2D eigenvalue weighted by atomic mass is 9.69. The van der Waals surface area contributed by atoms with E-state index in [1.54, 1.807) is 0 Å². The molecule has 1 heterocycles. The van der Waals surface area contributed by atoms with Crippen LogP contribution in [-0.4, -0.2) is 37.7 Å². The van der Waals surface area contributed by atoms with Crippen LogP contribution in [0, 0.1) is 5.92 Å². The zero-order chi connectivity index (χ0) is 24.6. The summed E-state index contributed by atoms with van der Waals surface area (Å²) in [5.74, 6) is -1.29. The summed E-state index contributed by atoms with van der Waals surface area (Å²) in [4.78, 5) is 33.7. The Morgan fingerprint density at radius 1 is 1.03 bits per heavy atom. The Hall–Kier alpha value is -2.92. The van der Waals surface area contributed by atoms with Gasteiger partial charge in [0.25, 0.3) is 0 Å². The van der Waals surface area contributed by atoms with E-state index in [4.69, 9.17) is 21.3 Å². The van der Waals surface area contributed by atoms with E-state index < -0.39 is 11.8 Å². The van der Waals surface area contributed by atoms with Crippen molar-refractivity contribution in [1.29, 1.82) is 0 Å². The van der Waals surface area contributed by atoms with Gasteiger partial charge >= 0.3 is 5.97 Å². The van der Waals surface area contributed by atoms with E-state index in [1.807, 2.05) is 88.3 Å². The van der Waals surface area contributed by atoms with Crippen molar-refractivity contribution in [2.24, 2.45) is 10.9 Å². The molecule has 3 atom stereocenters. The largest absolute Gasteiger partial charge is 0.462 e. The zero-order valence-electron chi connectivity index (χ0n) is 20.3. The molecule has 2 aromatic carbocycles. The summed E-state index contributed by atoms with van der Waals surface area (Å²) in [6, 6.07) is 15.7. The average molecular weight is 479 g/mol. The fourth-order valence-electron chi connectivity index (χ4n) is 4.98. The van der Waals surface area contributed by atoms with Crippen LogP contribution in [0.2, 0.25) is 5.02 Å². The number of ketones is 1. The van der Waals surface area contributed by atoms with Gasteiger partial charge in [-0.2, -0.15) is 0 Å². The second kappa shape index (κ2) is 9.75. The topological polar surface area (TPSA) is 59.0 Å². The Labute approximate surface area is 206 Å². The molecule has 5 nitrogen and oxygen atoms in total. The SMILES string of the molecule is CC1=NC2=C(C(=O)C[C@H](c3ccc(Cl)cc3)C2)[C@@H](c2ccc(N(C)C)cc2)C1C(=O)OC(C)C. The number of carbonyl (C=O) groups is 2. The van der Waals surface area contributed by atoms with Crippen molar-refractivity contribution in [3.63, 3.8) is 0 Å². The van der Waals surface area contributed by atoms with Gasteiger partial charge in [-0.1, -0.05) is 35.9 Å². The number of anilines is 1. The predicted molar refractivity (Wildman–Crippen MR) is 137 cm³/mol. The van der Waals surface area contributed by atoms with Gasteiger partial charge < -0.3 is 9.64 Å². The summed E-state index contributed by atoms with van der Waals surface area (Å²) < 4.78 is 5.62. The fourth-order valence-corrected chi connectivity index (χ4v) is 5.11.